The van der Waals surface area contributed by atoms with E-state index in [-0.39, 0.29) is 28.8 Å². The van der Waals surface area contributed by atoms with Crippen LogP contribution in [-0.4, -0.2) is 37.9 Å². The monoisotopic (exact) mass is 430 g/mol. The topological polar surface area (TPSA) is 104 Å². The normalized spacial score (nSPS) is 20.1. The van der Waals surface area contributed by atoms with Gasteiger partial charge in [-0.3, -0.25) is 34.2 Å². The molecular weight excluding hydrogens is 404 g/mol. The highest BCUT2D eigenvalue weighted by molar-refractivity contribution is 7.80. The molecule has 30 heavy (non-hydrogen) atoms. The molecule has 8 nitrogen and oxygen atoms in total. The molecule has 9 heteroatoms. The minimum atomic E-state index is -0.673. The lowest BCUT2D eigenvalue weighted by molar-refractivity contribution is -0.128. The molecule has 160 valence electrons. The quantitative estimate of drug-likeness (QED) is 0.329. The van der Waals surface area contributed by atoms with Gasteiger partial charge in [0.2, 0.25) is 0 Å². The summed E-state index contributed by atoms with van der Waals surface area (Å²) in [7, 11) is 0. The number of carbonyl (C=O) groups excluding carboxylic acids is 2. The number of amides is 2. The smallest absolute Gasteiger partial charge is 0.298 e. The standard InChI is InChI=1S/C21H26N4O4S/c1-3-11-24-19(28)16(18(27)23-21(24)30)12-15-13(2)25(20(29)22-17(15)26)14-9-7-5-4-6-8-10-14/h3,12,14H,1,4-11H2,2H3,(H,22,26,29)(H,23,27,30)/b16-12+. The van der Waals surface area contributed by atoms with Gasteiger partial charge in [-0.05, 0) is 38.1 Å². The summed E-state index contributed by atoms with van der Waals surface area (Å²) in [4.78, 5) is 53.9. The molecule has 1 aliphatic heterocycles. The molecule has 0 radical (unpaired) electrons. The second-order valence-electron chi connectivity index (χ2n) is 7.65. The van der Waals surface area contributed by atoms with Gasteiger partial charge in [0.05, 0.1) is 5.56 Å². The zero-order valence-electron chi connectivity index (χ0n) is 17.0. The Hall–Kier alpha value is -2.81. The van der Waals surface area contributed by atoms with E-state index in [9.17, 15) is 19.2 Å². The van der Waals surface area contributed by atoms with Crippen LogP contribution < -0.4 is 16.6 Å². The average Bonchev–Trinajstić information content (AvgIpc) is 2.65. The van der Waals surface area contributed by atoms with Gasteiger partial charge < -0.3 is 0 Å². The van der Waals surface area contributed by atoms with Crippen LogP contribution in [0.4, 0.5) is 0 Å². The van der Waals surface area contributed by atoms with Gasteiger partial charge in [-0.25, -0.2) is 4.79 Å². The van der Waals surface area contributed by atoms with Crippen molar-refractivity contribution in [1.82, 2.24) is 19.8 Å². The summed E-state index contributed by atoms with van der Waals surface area (Å²) in [6, 6.07) is -0.0208. The van der Waals surface area contributed by atoms with Gasteiger partial charge in [0.1, 0.15) is 5.57 Å². The molecule has 0 spiro atoms. The van der Waals surface area contributed by atoms with E-state index < -0.39 is 23.1 Å². The highest BCUT2D eigenvalue weighted by Gasteiger charge is 2.33. The molecular formula is C21H26N4O4S. The highest BCUT2D eigenvalue weighted by atomic mass is 32.1. The molecule has 2 N–H and O–H groups in total. The van der Waals surface area contributed by atoms with Crippen LogP contribution in [0.15, 0.2) is 27.8 Å². The highest BCUT2D eigenvalue weighted by Crippen LogP contribution is 2.27. The van der Waals surface area contributed by atoms with Crippen molar-refractivity contribution in [2.75, 3.05) is 6.54 Å². The Labute approximate surface area is 179 Å². The molecule has 0 bridgehead atoms. The molecule has 2 amide bonds. The van der Waals surface area contributed by atoms with Gasteiger partial charge in [-0.15, -0.1) is 6.58 Å². The predicted octanol–water partition coefficient (Wildman–Crippen LogP) is 1.94. The fourth-order valence-corrected chi connectivity index (χ4v) is 4.36. The Kier molecular flexibility index (Phi) is 6.81. The lowest BCUT2D eigenvalue weighted by Crippen LogP contribution is -2.54. The zero-order chi connectivity index (χ0) is 21.8. The zero-order valence-corrected chi connectivity index (χ0v) is 17.8. The van der Waals surface area contributed by atoms with Crippen LogP contribution in [0.5, 0.6) is 0 Å². The number of thiocarbonyl (C=S) groups is 1. The Morgan fingerprint density at radius 3 is 2.37 bits per heavy atom. The SMILES string of the molecule is C=CCN1C(=O)/C(=C/c2c(C)n(C3CCCCCCC3)c(=O)[nH]c2=O)C(=O)NC1=S. The molecule has 3 rings (SSSR count). The van der Waals surface area contributed by atoms with Crippen molar-refractivity contribution in [3.05, 3.63) is 50.3 Å². The first-order valence-electron chi connectivity index (χ1n) is 10.2. The number of carbonyl (C=O) groups is 2. The Morgan fingerprint density at radius 1 is 1.10 bits per heavy atom. The molecule has 0 aromatic carbocycles. The van der Waals surface area contributed by atoms with Crippen molar-refractivity contribution in [2.24, 2.45) is 0 Å². The lowest BCUT2D eigenvalue weighted by atomic mass is 9.96. The van der Waals surface area contributed by atoms with Gasteiger partial charge in [0.25, 0.3) is 17.4 Å². The van der Waals surface area contributed by atoms with Crippen LogP contribution in [0.3, 0.4) is 0 Å². The van der Waals surface area contributed by atoms with Crippen LogP contribution in [0.25, 0.3) is 6.08 Å². The van der Waals surface area contributed by atoms with Gasteiger partial charge in [0.15, 0.2) is 5.11 Å². The number of nitrogens with zero attached hydrogens (tertiary/aromatic N) is 2. The number of hydrogen-bond donors (Lipinski definition) is 2. The maximum Gasteiger partial charge on any atom is 0.328 e. The largest absolute Gasteiger partial charge is 0.328 e. The van der Waals surface area contributed by atoms with E-state index in [1.165, 1.54) is 23.5 Å². The molecule has 2 heterocycles. The molecule has 0 unspecified atom stereocenters. The van der Waals surface area contributed by atoms with Gasteiger partial charge in [-0.2, -0.15) is 0 Å². The maximum atomic E-state index is 12.8. The fraction of sp³-hybridized carbons (Fsp3) is 0.476. The lowest BCUT2D eigenvalue weighted by Gasteiger charge is -2.28. The second-order valence-corrected chi connectivity index (χ2v) is 8.04. The third kappa shape index (κ3) is 4.35. The van der Waals surface area contributed by atoms with Crippen LogP contribution in [0, 0.1) is 6.92 Å². The summed E-state index contributed by atoms with van der Waals surface area (Å²) in [6.07, 6.45) is 9.92. The summed E-state index contributed by atoms with van der Waals surface area (Å²) < 4.78 is 1.61. The third-order valence-electron chi connectivity index (χ3n) is 5.66. The number of rotatable bonds is 4. The number of hydrogen-bond acceptors (Lipinski definition) is 5. The number of aromatic amines is 1. The summed E-state index contributed by atoms with van der Waals surface area (Å²) in [5.41, 5.74) is -0.718. The van der Waals surface area contributed by atoms with Gasteiger partial charge in [0, 0.05) is 18.3 Å². The molecule has 0 atom stereocenters. The summed E-state index contributed by atoms with van der Waals surface area (Å²) in [5.74, 6) is -1.28. The molecule has 1 saturated carbocycles. The molecule has 1 saturated heterocycles. The first kappa shape index (κ1) is 21.9. The minimum absolute atomic E-state index is 0.00725. The van der Waals surface area contributed by atoms with Crippen molar-refractivity contribution >= 4 is 35.2 Å². The van der Waals surface area contributed by atoms with Crippen molar-refractivity contribution < 1.29 is 9.59 Å². The van der Waals surface area contributed by atoms with E-state index in [0.717, 1.165) is 38.5 Å². The predicted molar refractivity (Wildman–Crippen MR) is 118 cm³/mol. The average molecular weight is 431 g/mol. The number of nitrogens with one attached hydrogen (secondary N) is 2. The third-order valence-corrected chi connectivity index (χ3v) is 5.98. The van der Waals surface area contributed by atoms with Crippen LogP contribution in [-0.2, 0) is 9.59 Å². The summed E-state index contributed by atoms with van der Waals surface area (Å²) >= 11 is 5.05. The van der Waals surface area contributed by atoms with Crippen LogP contribution in [0.2, 0.25) is 0 Å². The Bertz CT molecular complexity index is 1030. The van der Waals surface area contributed by atoms with Crippen molar-refractivity contribution in [3.63, 3.8) is 0 Å². The molecule has 1 aromatic heterocycles. The first-order valence-corrected chi connectivity index (χ1v) is 10.6. The van der Waals surface area contributed by atoms with Crippen molar-refractivity contribution in [1.29, 1.82) is 0 Å². The van der Waals surface area contributed by atoms with Gasteiger partial charge in [-0.1, -0.05) is 38.2 Å². The first-order chi connectivity index (χ1) is 14.3. The van der Waals surface area contributed by atoms with E-state index in [1.807, 2.05) is 0 Å². The summed E-state index contributed by atoms with van der Waals surface area (Å²) in [6.45, 7) is 5.40. The Morgan fingerprint density at radius 2 is 1.73 bits per heavy atom. The van der Waals surface area contributed by atoms with E-state index in [0.29, 0.717) is 5.69 Å². The van der Waals surface area contributed by atoms with Crippen molar-refractivity contribution in [2.45, 2.75) is 57.9 Å². The van der Waals surface area contributed by atoms with Crippen LogP contribution in [0.1, 0.15) is 62.2 Å². The fourth-order valence-electron chi connectivity index (χ4n) is 4.11. The molecule has 1 aliphatic carbocycles. The summed E-state index contributed by atoms with van der Waals surface area (Å²) in [5, 5.41) is 2.45. The minimum Gasteiger partial charge on any atom is -0.298 e. The van der Waals surface area contributed by atoms with Crippen LogP contribution >= 0.6 is 12.2 Å². The van der Waals surface area contributed by atoms with E-state index in [1.54, 1.807) is 11.5 Å². The second kappa shape index (κ2) is 9.34. The maximum absolute atomic E-state index is 12.8. The van der Waals surface area contributed by atoms with Crippen molar-refractivity contribution in [3.8, 4) is 0 Å². The number of H-pyrrole nitrogens is 1. The van der Waals surface area contributed by atoms with E-state index in [2.05, 4.69) is 16.9 Å². The molecule has 2 aliphatic rings. The molecule has 1 aromatic rings. The number of aromatic nitrogens is 2. The van der Waals surface area contributed by atoms with E-state index >= 15 is 0 Å². The molecule has 2 fully saturated rings. The van der Waals surface area contributed by atoms with Gasteiger partial charge >= 0.3 is 5.69 Å². The van der Waals surface area contributed by atoms with E-state index in [4.69, 9.17) is 12.2 Å². The Balaban J connectivity index is 2.07.